The third-order valence-corrected chi connectivity index (χ3v) is 2.86. The van der Waals surface area contributed by atoms with Crippen LogP contribution in [0.4, 0.5) is 5.88 Å². The molecule has 0 unspecified atom stereocenters. The number of furan rings is 1. The molecule has 0 bridgehead atoms. The molecule has 0 saturated heterocycles. The highest BCUT2D eigenvalue weighted by molar-refractivity contribution is 6.15. The molecular formula is C13H7NO7. The SMILES string of the molecule is O=C1/C(=C\c2ccc([N+](=O)[O-])o2)Oc2c1ccc(O)c2O. The molecule has 2 aromatic rings. The van der Waals surface area contributed by atoms with Crippen molar-refractivity contribution >= 4 is 17.7 Å². The minimum absolute atomic E-state index is 0.0570. The number of fused-ring (bicyclic) bond motifs is 1. The van der Waals surface area contributed by atoms with E-state index < -0.39 is 28.1 Å². The van der Waals surface area contributed by atoms with E-state index in [1.54, 1.807) is 0 Å². The summed E-state index contributed by atoms with van der Waals surface area (Å²) in [5, 5.41) is 29.5. The number of aromatic hydroxyl groups is 2. The van der Waals surface area contributed by atoms with Crippen molar-refractivity contribution in [2.24, 2.45) is 0 Å². The highest BCUT2D eigenvalue weighted by Gasteiger charge is 2.31. The molecule has 1 aliphatic heterocycles. The fourth-order valence-corrected chi connectivity index (χ4v) is 1.87. The van der Waals surface area contributed by atoms with E-state index in [0.29, 0.717) is 0 Å². The number of phenols is 2. The Kier molecular flexibility index (Phi) is 2.65. The molecule has 0 fully saturated rings. The first kappa shape index (κ1) is 12.7. The quantitative estimate of drug-likeness (QED) is 0.376. The Bertz CT molecular complexity index is 803. The van der Waals surface area contributed by atoms with Crippen LogP contribution in [0.25, 0.3) is 6.08 Å². The molecular weight excluding hydrogens is 282 g/mol. The Hall–Kier alpha value is -3.29. The highest BCUT2D eigenvalue weighted by Crippen LogP contribution is 2.44. The van der Waals surface area contributed by atoms with Crippen LogP contribution in [0.15, 0.2) is 34.4 Å². The van der Waals surface area contributed by atoms with Crippen molar-refractivity contribution in [3.05, 3.63) is 51.5 Å². The van der Waals surface area contributed by atoms with E-state index in [2.05, 4.69) is 0 Å². The van der Waals surface area contributed by atoms with Crippen LogP contribution < -0.4 is 4.74 Å². The third-order valence-electron chi connectivity index (χ3n) is 2.86. The Labute approximate surface area is 116 Å². The van der Waals surface area contributed by atoms with Crippen LogP contribution in [-0.4, -0.2) is 20.9 Å². The Morgan fingerprint density at radius 1 is 1.19 bits per heavy atom. The Balaban J connectivity index is 1.98. The van der Waals surface area contributed by atoms with Crippen molar-refractivity contribution < 1.29 is 29.1 Å². The molecule has 0 radical (unpaired) electrons. The number of Topliss-reactive ketones (excluding diaryl/α,β-unsaturated/α-hetero) is 1. The summed E-state index contributed by atoms with van der Waals surface area (Å²) in [6.07, 6.45) is 1.17. The monoisotopic (exact) mass is 289 g/mol. The van der Waals surface area contributed by atoms with Gasteiger partial charge in [-0.2, -0.15) is 0 Å². The van der Waals surface area contributed by atoms with Crippen LogP contribution in [-0.2, 0) is 0 Å². The number of benzene rings is 1. The van der Waals surface area contributed by atoms with Crippen LogP contribution in [0.2, 0.25) is 0 Å². The van der Waals surface area contributed by atoms with E-state index in [0.717, 1.165) is 12.1 Å². The second kappa shape index (κ2) is 4.37. The van der Waals surface area contributed by atoms with E-state index in [1.807, 2.05) is 0 Å². The number of rotatable bonds is 2. The topological polar surface area (TPSA) is 123 Å². The van der Waals surface area contributed by atoms with E-state index in [9.17, 15) is 25.1 Å². The standard InChI is InChI=1S/C13H7NO7/c15-8-3-2-7-11(16)9(21-13(7)12(8)17)5-6-1-4-10(20-6)14(18)19/h1-5,15,17H/b9-5+. The van der Waals surface area contributed by atoms with Crippen LogP contribution in [0, 0.1) is 10.1 Å². The molecule has 1 aromatic heterocycles. The van der Waals surface area contributed by atoms with Gasteiger partial charge in [0.25, 0.3) is 0 Å². The molecule has 0 amide bonds. The summed E-state index contributed by atoms with van der Waals surface area (Å²) in [7, 11) is 0. The third kappa shape index (κ3) is 1.98. The smallest absolute Gasteiger partial charge is 0.433 e. The minimum Gasteiger partial charge on any atom is -0.504 e. The van der Waals surface area contributed by atoms with Gasteiger partial charge in [0.15, 0.2) is 17.3 Å². The molecule has 0 saturated carbocycles. The molecule has 8 heteroatoms. The molecule has 2 N–H and O–H groups in total. The highest BCUT2D eigenvalue weighted by atomic mass is 16.6. The van der Waals surface area contributed by atoms with Gasteiger partial charge in [0.05, 0.1) is 11.6 Å². The zero-order chi connectivity index (χ0) is 15.1. The first-order chi connectivity index (χ1) is 9.97. The number of nitro groups is 1. The lowest BCUT2D eigenvalue weighted by atomic mass is 10.1. The van der Waals surface area contributed by atoms with Crippen molar-refractivity contribution in [2.45, 2.75) is 0 Å². The molecule has 0 atom stereocenters. The number of nitrogens with zero attached hydrogens (tertiary/aromatic N) is 1. The summed E-state index contributed by atoms with van der Waals surface area (Å²) in [6, 6.07) is 4.92. The van der Waals surface area contributed by atoms with E-state index in [4.69, 9.17) is 9.15 Å². The molecule has 21 heavy (non-hydrogen) atoms. The number of hydrogen-bond donors (Lipinski definition) is 2. The van der Waals surface area contributed by atoms with Crippen LogP contribution in [0.3, 0.4) is 0 Å². The van der Waals surface area contributed by atoms with Gasteiger partial charge in [-0.3, -0.25) is 14.9 Å². The summed E-state index contributed by atoms with van der Waals surface area (Å²) >= 11 is 0. The summed E-state index contributed by atoms with van der Waals surface area (Å²) in [5.74, 6) is -2.24. The van der Waals surface area contributed by atoms with E-state index in [-0.39, 0.29) is 22.8 Å². The molecule has 1 aromatic carbocycles. The fraction of sp³-hybridized carbons (Fsp3) is 0. The first-order valence-corrected chi connectivity index (χ1v) is 5.71. The van der Waals surface area contributed by atoms with Gasteiger partial charge in [0, 0.05) is 6.08 Å². The van der Waals surface area contributed by atoms with Crippen LogP contribution >= 0.6 is 0 Å². The predicted molar refractivity (Wildman–Crippen MR) is 68.1 cm³/mol. The second-order valence-electron chi connectivity index (χ2n) is 4.18. The molecule has 3 rings (SSSR count). The van der Waals surface area contributed by atoms with Gasteiger partial charge in [-0.1, -0.05) is 0 Å². The molecule has 1 aliphatic rings. The fourth-order valence-electron chi connectivity index (χ4n) is 1.87. The van der Waals surface area contributed by atoms with E-state index in [1.165, 1.54) is 18.2 Å². The Morgan fingerprint density at radius 2 is 1.95 bits per heavy atom. The maximum Gasteiger partial charge on any atom is 0.433 e. The second-order valence-corrected chi connectivity index (χ2v) is 4.18. The zero-order valence-electron chi connectivity index (χ0n) is 10.3. The number of ketones is 1. The van der Waals surface area contributed by atoms with Crippen molar-refractivity contribution in [1.29, 1.82) is 0 Å². The normalized spacial score (nSPS) is 15.0. The largest absolute Gasteiger partial charge is 0.504 e. The van der Waals surface area contributed by atoms with Crippen molar-refractivity contribution in [2.75, 3.05) is 0 Å². The maximum atomic E-state index is 12.0. The van der Waals surface area contributed by atoms with Crippen molar-refractivity contribution in [3.63, 3.8) is 0 Å². The summed E-state index contributed by atoms with van der Waals surface area (Å²) in [4.78, 5) is 21.8. The van der Waals surface area contributed by atoms with Gasteiger partial charge >= 0.3 is 5.88 Å². The summed E-state index contributed by atoms with van der Waals surface area (Å²) in [5.41, 5.74) is 0.0811. The van der Waals surface area contributed by atoms with Gasteiger partial charge in [0.2, 0.25) is 11.5 Å². The molecule has 0 aliphatic carbocycles. The number of phenolic OH excluding ortho intramolecular Hbond substituents is 2. The van der Waals surface area contributed by atoms with Crippen molar-refractivity contribution in [3.8, 4) is 17.2 Å². The van der Waals surface area contributed by atoms with E-state index >= 15 is 0 Å². The average molecular weight is 289 g/mol. The summed E-state index contributed by atoms with van der Waals surface area (Å²) < 4.78 is 10.1. The molecule has 106 valence electrons. The zero-order valence-corrected chi connectivity index (χ0v) is 10.3. The van der Waals surface area contributed by atoms with Gasteiger partial charge < -0.3 is 19.4 Å². The van der Waals surface area contributed by atoms with Gasteiger partial charge in [-0.05, 0) is 18.2 Å². The lowest BCUT2D eigenvalue weighted by Crippen LogP contribution is -1.97. The average Bonchev–Trinajstić information content (AvgIpc) is 3.02. The molecule has 0 spiro atoms. The van der Waals surface area contributed by atoms with Gasteiger partial charge in [-0.15, -0.1) is 0 Å². The van der Waals surface area contributed by atoms with Crippen molar-refractivity contribution in [1.82, 2.24) is 0 Å². The van der Waals surface area contributed by atoms with Crippen LogP contribution in [0.5, 0.6) is 17.2 Å². The number of allylic oxidation sites excluding steroid dienone is 1. The number of carbonyl (C=O) groups excluding carboxylic acids is 1. The van der Waals surface area contributed by atoms with Crippen LogP contribution in [0.1, 0.15) is 16.1 Å². The lowest BCUT2D eigenvalue weighted by molar-refractivity contribution is -0.402. The number of hydrogen-bond acceptors (Lipinski definition) is 7. The number of ether oxygens (including phenoxy) is 1. The minimum atomic E-state index is -0.710. The lowest BCUT2D eigenvalue weighted by Gasteiger charge is -2.01. The first-order valence-electron chi connectivity index (χ1n) is 5.71. The Morgan fingerprint density at radius 3 is 2.62 bits per heavy atom. The maximum absolute atomic E-state index is 12.0. The molecule has 8 nitrogen and oxygen atoms in total. The summed E-state index contributed by atoms with van der Waals surface area (Å²) in [6.45, 7) is 0. The van der Waals surface area contributed by atoms with Gasteiger partial charge in [0.1, 0.15) is 10.7 Å². The van der Waals surface area contributed by atoms with Gasteiger partial charge in [-0.25, -0.2) is 0 Å². The number of carbonyl (C=O) groups is 1. The molecule has 2 heterocycles. The predicted octanol–water partition coefficient (Wildman–Crippen LogP) is 2.22.